The fourth-order valence-electron chi connectivity index (χ4n) is 3.20. The second kappa shape index (κ2) is 5.98. The molecule has 3 nitrogen and oxygen atoms in total. The SMILES string of the molecule is CC1CCCCC1OCc1oc2ccccc2c1CN. The highest BCUT2D eigenvalue weighted by atomic mass is 16.5. The lowest BCUT2D eigenvalue weighted by atomic mass is 9.88. The third-order valence-corrected chi connectivity index (χ3v) is 4.45. The summed E-state index contributed by atoms with van der Waals surface area (Å²) in [5.41, 5.74) is 7.87. The molecule has 0 radical (unpaired) electrons. The lowest BCUT2D eigenvalue weighted by molar-refractivity contribution is -0.0218. The molecule has 2 N–H and O–H groups in total. The third-order valence-electron chi connectivity index (χ3n) is 4.45. The number of furan rings is 1. The summed E-state index contributed by atoms with van der Waals surface area (Å²) in [4.78, 5) is 0. The number of fused-ring (bicyclic) bond motifs is 1. The van der Waals surface area contributed by atoms with Crippen molar-refractivity contribution in [2.45, 2.75) is 51.9 Å². The molecular weight excluding hydrogens is 250 g/mol. The maximum Gasteiger partial charge on any atom is 0.135 e. The van der Waals surface area contributed by atoms with E-state index in [0.717, 1.165) is 22.3 Å². The molecule has 1 heterocycles. The zero-order chi connectivity index (χ0) is 13.9. The largest absolute Gasteiger partial charge is 0.458 e. The molecule has 2 atom stereocenters. The van der Waals surface area contributed by atoms with E-state index < -0.39 is 0 Å². The van der Waals surface area contributed by atoms with Gasteiger partial charge in [-0.3, -0.25) is 0 Å². The lowest BCUT2D eigenvalue weighted by Crippen LogP contribution is -2.25. The Balaban J connectivity index is 1.76. The highest BCUT2D eigenvalue weighted by Crippen LogP contribution is 2.30. The molecule has 3 rings (SSSR count). The maximum absolute atomic E-state index is 6.10. The molecule has 0 saturated heterocycles. The standard InChI is InChI=1S/C17H23NO2/c1-12-6-2-4-8-15(12)19-11-17-14(10-18)13-7-3-5-9-16(13)20-17/h3,5,7,9,12,15H,2,4,6,8,10-11,18H2,1H3. The summed E-state index contributed by atoms with van der Waals surface area (Å²) in [6, 6.07) is 8.06. The minimum absolute atomic E-state index is 0.364. The van der Waals surface area contributed by atoms with Crippen LogP contribution in [0.25, 0.3) is 11.0 Å². The van der Waals surface area contributed by atoms with Crippen molar-refractivity contribution < 1.29 is 9.15 Å². The Labute approximate surface area is 120 Å². The van der Waals surface area contributed by atoms with Crippen molar-refractivity contribution in [3.63, 3.8) is 0 Å². The van der Waals surface area contributed by atoms with Gasteiger partial charge in [0, 0.05) is 17.5 Å². The van der Waals surface area contributed by atoms with Gasteiger partial charge in [-0.05, 0) is 24.8 Å². The van der Waals surface area contributed by atoms with Crippen LogP contribution >= 0.6 is 0 Å². The number of benzene rings is 1. The maximum atomic E-state index is 6.10. The van der Waals surface area contributed by atoms with Gasteiger partial charge in [-0.2, -0.15) is 0 Å². The van der Waals surface area contributed by atoms with E-state index >= 15 is 0 Å². The van der Waals surface area contributed by atoms with Gasteiger partial charge in [0.05, 0.1) is 6.10 Å². The summed E-state index contributed by atoms with van der Waals surface area (Å²) in [5.74, 6) is 1.54. The van der Waals surface area contributed by atoms with Gasteiger partial charge in [-0.1, -0.05) is 38.0 Å². The Hall–Kier alpha value is -1.32. The van der Waals surface area contributed by atoms with E-state index in [1.165, 1.54) is 25.7 Å². The molecule has 1 aromatic heterocycles. The molecule has 1 fully saturated rings. The number of rotatable bonds is 4. The normalized spacial score (nSPS) is 23.3. The topological polar surface area (TPSA) is 48.4 Å². The Bertz CT molecular complexity index is 575. The predicted octanol–water partition coefficient (Wildman–Crippen LogP) is 3.99. The van der Waals surface area contributed by atoms with Gasteiger partial charge in [0.2, 0.25) is 0 Å². The molecule has 0 spiro atoms. The number of nitrogens with two attached hydrogens (primary N) is 1. The minimum Gasteiger partial charge on any atom is -0.458 e. The molecule has 1 aromatic carbocycles. The van der Waals surface area contributed by atoms with Crippen LogP contribution < -0.4 is 5.73 Å². The quantitative estimate of drug-likeness (QED) is 0.916. The fourth-order valence-corrected chi connectivity index (χ4v) is 3.20. The monoisotopic (exact) mass is 273 g/mol. The van der Waals surface area contributed by atoms with Crippen LogP contribution in [0.4, 0.5) is 0 Å². The molecule has 1 aliphatic carbocycles. The van der Waals surface area contributed by atoms with Gasteiger partial charge >= 0.3 is 0 Å². The van der Waals surface area contributed by atoms with Crippen molar-refractivity contribution in [3.8, 4) is 0 Å². The van der Waals surface area contributed by atoms with Crippen LogP contribution in [0.3, 0.4) is 0 Å². The summed E-state index contributed by atoms with van der Waals surface area (Å²) >= 11 is 0. The van der Waals surface area contributed by atoms with Crippen LogP contribution in [0.15, 0.2) is 28.7 Å². The molecule has 2 unspecified atom stereocenters. The number of ether oxygens (including phenoxy) is 1. The highest BCUT2D eigenvalue weighted by Gasteiger charge is 2.23. The minimum atomic E-state index is 0.364. The molecular formula is C17H23NO2. The summed E-state index contributed by atoms with van der Waals surface area (Å²) in [6.45, 7) is 3.32. The van der Waals surface area contributed by atoms with Gasteiger partial charge in [0.15, 0.2) is 0 Å². The predicted molar refractivity (Wildman–Crippen MR) is 80.3 cm³/mol. The molecule has 1 saturated carbocycles. The second-order valence-corrected chi connectivity index (χ2v) is 5.82. The molecule has 20 heavy (non-hydrogen) atoms. The fraction of sp³-hybridized carbons (Fsp3) is 0.529. The van der Waals surface area contributed by atoms with Crippen LogP contribution in [0.2, 0.25) is 0 Å². The third kappa shape index (κ3) is 2.60. The van der Waals surface area contributed by atoms with E-state index in [9.17, 15) is 0 Å². The zero-order valence-electron chi connectivity index (χ0n) is 12.1. The van der Waals surface area contributed by atoms with Crippen LogP contribution in [0.1, 0.15) is 43.9 Å². The van der Waals surface area contributed by atoms with E-state index in [1.54, 1.807) is 0 Å². The number of hydrogen-bond acceptors (Lipinski definition) is 3. The Morgan fingerprint density at radius 2 is 2.05 bits per heavy atom. The second-order valence-electron chi connectivity index (χ2n) is 5.82. The Kier molecular flexibility index (Phi) is 4.08. The zero-order valence-corrected chi connectivity index (χ0v) is 12.1. The first-order valence-electron chi connectivity index (χ1n) is 7.60. The van der Waals surface area contributed by atoms with E-state index in [-0.39, 0.29) is 0 Å². The first-order valence-corrected chi connectivity index (χ1v) is 7.60. The van der Waals surface area contributed by atoms with Crippen molar-refractivity contribution in [1.29, 1.82) is 0 Å². The average Bonchev–Trinajstić information content (AvgIpc) is 2.84. The number of hydrogen-bond donors (Lipinski definition) is 1. The van der Waals surface area contributed by atoms with Crippen molar-refractivity contribution in [2.24, 2.45) is 11.7 Å². The van der Waals surface area contributed by atoms with Crippen molar-refractivity contribution >= 4 is 11.0 Å². The lowest BCUT2D eigenvalue weighted by Gasteiger charge is -2.28. The molecule has 0 aliphatic heterocycles. The smallest absolute Gasteiger partial charge is 0.135 e. The van der Waals surface area contributed by atoms with Gasteiger partial charge < -0.3 is 14.9 Å². The van der Waals surface area contributed by atoms with Gasteiger partial charge in [0.25, 0.3) is 0 Å². The van der Waals surface area contributed by atoms with Crippen LogP contribution in [-0.4, -0.2) is 6.10 Å². The number of para-hydroxylation sites is 1. The molecule has 3 heteroatoms. The van der Waals surface area contributed by atoms with Crippen LogP contribution in [0.5, 0.6) is 0 Å². The molecule has 1 aliphatic rings. The molecule has 108 valence electrons. The van der Waals surface area contributed by atoms with E-state index in [1.807, 2.05) is 18.2 Å². The van der Waals surface area contributed by atoms with Crippen LogP contribution in [-0.2, 0) is 17.9 Å². The van der Waals surface area contributed by atoms with Crippen molar-refractivity contribution in [2.75, 3.05) is 0 Å². The van der Waals surface area contributed by atoms with E-state index in [0.29, 0.717) is 25.2 Å². The summed E-state index contributed by atoms with van der Waals surface area (Å²) in [7, 11) is 0. The van der Waals surface area contributed by atoms with E-state index in [4.69, 9.17) is 14.9 Å². The summed E-state index contributed by atoms with van der Waals surface area (Å²) in [6.07, 6.45) is 5.41. The van der Waals surface area contributed by atoms with Gasteiger partial charge in [0.1, 0.15) is 18.0 Å². The molecule has 2 aromatic rings. The van der Waals surface area contributed by atoms with Crippen molar-refractivity contribution in [1.82, 2.24) is 0 Å². The Morgan fingerprint density at radius 1 is 1.25 bits per heavy atom. The first kappa shape index (κ1) is 13.7. The van der Waals surface area contributed by atoms with Gasteiger partial charge in [-0.15, -0.1) is 0 Å². The summed E-state index contributed by atoms with van der Waals surface area (Å²) in [5, 5.41) is 1.12. The Morgan fingerprint density at radius 3 is 2.85 bits per heavy atom. The highest BCUT2D eigenvalue weighted by molar-refractivity contribution is 5.82. The van der Waals surface area contributed by atoms with Crippen LogP contribution in [0, 0.1) is 5.92 Å². The molecule has 0 bridgehead atoms. The van der Waals surface area contributed by atoms with Gasteiger partial charge in [-0.25, -0.2) is 0 Å². The first-order chi connectivity index (χ1) is 9.79. The van der Waals surface area contributed by atoms with E-state index in [2.05, 4.69) is 13.0 Å². The summed E-state index contributed by atoms with van der Waals surface area (Å²) < 4.78 is 12.0. The van der Waals surface area contributed by atoms with Crippen molar-refractivity contribution in [3.05, 3.63) is 35.6 Å². The average molecular weight is 273 g/mol. The molecule has 0 amide bonds.